The molecule has 5 aromatic rings. The third-order valence-electron chi connectivity index (χ3n) is 6.08. The summed E-state index contributed by atoms with van der Waals surface area (Å²) in [5.74, 6) is 0.324. The van der Waals surface area contributed by atoms with Crippen LogP contribution in [-0.4, -0.2) is 49.0 Å². The number of anilines is 1. The molecule has 39 heavy (non-hydrogen) atoms. The number of benzene rings is 2. The Balaban J connectivity index is 1.39. The van der Waals surface area contributed by atoms with Crippen LogP contribution >= 0.6 is 12.2 Å². The monoisotopic (exact) mass is 534 g/mol. The van der Waals surface area contributed by atoms with Gasteiger partial charge in [-0.3, -0.25) is 14.8 Å². The number of amides is 1. The first-order valence-electron chi connectivity index (χ1n) is 12.6. The lowest BCUT2D eigenvalue weighted by molar-refractivity contribution is 0.102. The molecule has 194 valence electrons. The number of fused-ring (bicyclic) bond motifs is 1. The van der Waals surface area contributed by atoms with E-state index in [1.165, 1.54) is 0 Å². The van der Waals surface area contributed by atoms with Crippen LogP contribution in [0.25, 0.3) is 33.8 Å². The summed E-state index contributed by atoms with van der Waals surface area (Å²) in [5, 5.41) is 3.35. The van der Waals surface area contributed by atoms with Crippen LogP contribution in [0.1, 0.15) is 24.2 Å². The fourth-order valence-corrected chi connectivity index (χ4v) is 4.37. The molecule has 0 spiro atoms. The molecular formula is C30H26N6O2S. The van der Waals surface area contributed by atoms with Crippen LogP contribution in [0.3, 0.4) is 0 Å². The van der Waals surface area contributed by atoms with Crippen molar-refractivity contribution in [2.45, 2.75) is 13.8 Å². The topological polar surface area (TPSA) is 93.1 Å². The van der Waals surface area contributed by atoms with Gasteiger partial charge in [0.25, 0.3) is 11.1 Å². The molecular weight excluding hydrogens is 508 g/mol. The smallest absolute Gasteiger partial charge is 0.264 e. The molecule has 2 aromatic carbocycles. The summed E-state index contributed by atoms with van der Waals surface area (Å²) < 4.78 is 5.75. The molecule has 0 radical (unpaired) electrons. The van der Waals surface area contributed by atoms with Gasteiger partial charge in [-0.2, -0.15) is 0 Å². The van der Waals surface area contributed by atoms with Gasteiger partial charge in [-0.25, -0.2) is 9.97 Å². The van der Waals surface area contributed by atoms with E-state index in [1.807, 2.05) is 61.2 Å². The van der Waals surface area contributed by atoms with E-state index in [1.54, 1.807) is 48.8 Å². The predicted molar refractivity (Wildman–Crippen MR) is 157 cm³/mol. The quantitative estimate of drug-likeness (QED) is 0.254. The average molecular weight is 535 g/mol. The highest BCUT2D eigenvalue weighted by atomic mass is 32.1. The van der Waals surface area contributed by atoms with Crippen molar-refractivity contribution in [2.75, 3.05) is 18.4 Å². The second kappa shape index (κ2) is 11.7. The minimum Gasteiger partial charge on any atom is -0.432 e. The second-order valence-electron chi connectivity index (χ2n) is 8.57. The van der Waals surface area contributed by atoms with Gasteiger partial charge in [0.15, 0.2) is 0 Å². The second-order valence-corrected chi connectivity index (χ2v) is 8.92. The molecule has 8 nitrogen and oxygen atoms in total. The summed E-state index contributed by atoms with van der Waals surface area (Å²) in [6, 6.07) is 23.6. The Morgan fingerprint density at radius 1 is 0.821 bits per heavy atom. The van der Waals surface area contributed by atoms with Crippen LogP contribution < -0.4 is 10.1 Å². The number of carbonyl (C=O) groups excluding carboxylic acids is 1. The first-order valence-corrected chi connectivity index (χ1v) is 13.0. The molecule has 1 N–H and O–H groups in total. The highest BCUT2D eigenvalue weighted by molar-refractivity contribution is 7.80. The average Bonchev–Trinajstić information content (AvgIpc) is 2.98. The van der Waals surface area contributed by atoms with Crippen LogP contribution in [0.15, 0.2) is 91.3 Å². The summed E-state index contributed by atoms with van der Waals surface area (Å²) in [4.78, 5) is 33.6. The third kappa shape index (κ3) is 5.89. The fourth-order valence-electron chi connectivity index (χ4n) is 4.02. The van der Waals surface area contributed by atoms with Crippen molar-refractivity contribution >= 4 is 40.0 Å². The Morgan fingerprint density at radius 2 is 1.44 bits per heavy atom. The zero-order chi connectivity index (χ0) is 27.2. The highest BCUT2D eigenvalue weighted by Crippen LogP contribution is 2.29. The van der Waals surface area contributed by atoms with E-state index in [4.69, 9.17) is 26.9 Å². The van der Waals surface area contributed by atoms with E-state index >= 15 is 0 Å². The normalized spacial score (nSPS) is 10.7. The predicted octanol–water partition coefficient (Wildman–Crippen LogP) is 6.01. The Hall–Kier alpha value is -4.76. The van der Waals surface area contributed by atoms with E-state index in [0.717, 1.165) is 13.1 Å². The maximum Gasteiger partial charge on any atom is 0.264 e. The first kappa shape index (κ1) is 25.9. The van der Waals surface area contributed by atoms with E-state index in [-0.39, 0.29) is 5.91 Å². The Kier molecular flexibility index (Phi) is 7.79. The van der Waals surface area contributed by atoms with E-state index in [2.05, 4.69) is 15.3 Å². The number of aromatic nitrogens is 4. The summed E-state index contributed by atoms with van der Waals surface area (Å²) in [6.45, 7) is 5.56. The number of hydrogen-bond donors (Lipinski definition) is 1. The van der Waals surface area contributed by atoms with Gasteiger partial charge in [-0.1, -0.05) is 12.1 Å². The van der Waals surface area contributed by atoms with Crippen molar-refractivity contribution in [2.24, 2.45) is 0 Å². The van der Waals surface area contributed by atoms with Crippen molar-refractivity contribution < 1.29 is 9.53 Å². The molecule has 9 heteroatoms. The van der Waals surface area contributed by atoms with E-state index < -0.39 is 0 Å². The number of nitrogens with one attached hydrogen (secondary N) is 1. The summed E-state index contributed by atoms with van der Waals surface area (Å²) in [5.41, 5.74) is 5.04. The van der Waals surface area contributed by atoms with Gasteiger partial charge in [0.1, 0.15) is 17.1 Å². The summed E-state index contributed by atoms with van der Waals surface area (Å²) in [6.07, 6.45) is 3.44. The zero-order valence-corrected chi connectivity index (χ0v) is 22.4. The Morgan fingerprint density at radius 3 is 2.00 bits per heavy atom. The highest BCUT2D eigenvalue weighted by Gasteiger charge is 2.16. The number of hydrogen-bond acceptors (Lipinski definition) is 7. The lowest BCUT2D eigenvalue weighted by atomic mass is 10.1. The molecule has 3 aromatic heterocycles. The number of ether oxygens (including phenoxy) is 1. The van der Waals surface area contributed by atoms with Crippen molar-refractivity contribution in [1.82, 2.24) is 24.8 Å². The molecule has 0 aliphatic carbocycles. The molecule has 3 heterocycles. The fraction of sp³-hybridized carbons (Fsp3) is 0.133. The molecule has 1 amide bonds. The van der Waals surface area contributed by atoms with Gasteiger partial charge in [-0.15, -0.1) is 0 Å². The van der Waals surface area contributed by atoms with Crippen molar-refractivity contribution in [3.05, 3.63) is 96.8 Å². The maximum absolute atomic E-state index is 13.0. The van der Waals surface area contributed by atoms with Gasteiger partial charge < -0.3 is 15.0 Å². The summed E-state index contributed by atoms with van der Waals surface area (Å²) >= 11 is 5.35. The van der Waals surface area contributed by atoms with Gasteiger partial charge in [-0.05, 0) is 92.8 Å². The molecule has 0 bridgehead atoms. The molecule has 0 aliphatic rings. The lowest BCUT2D eigenvalue weighted by Gasteiger charge is -2.21. The maximum atomic E-state index is 13.0. The lowest BCUT2D eigenvalue weighted by Crippen LogP contribution is -2.32. The van der Waals surface area contributed by atoms with Crippen LogP contribution in [-0.2, 0) is 0 Å². The molecule has 0 saturated carbocycles. The number of nitrogens with zero attached hydrogens (tertiary/aromatic N) is 5. The number of rotatable bonds is 7. The van der Waals surface area contributed by atoms with Crippen molar-refractivity contribution in [3.8, 4) is 28.5 Å². The van der Waals surface area contributed by atoms with Gasteiger partial charge in [0.2, 0.25) is 0 Å². The van der Waals surface area contributed by atoms with Gasteiger partial charge in [0, 0.05) is 36.7 Å². The third-order valence-corrected chi connectivity index (χ3v) is 6.42. The molecule has 0 saturated heterocycles. The van der Waals surface area contributed by atoms with E-state index in [0.29, 0.717) is 56.0 Å². The first-order chi connectivity index (χ1) is 19.1. The van der Waals surface area contributed by atoms with E-state index in [9.17, 15) is 4.79 Å². The summed E-state index contributed by atoms with van der Waals surface area (Å²) in [7, 11) is 0. The van der Waals surface area contributed by atoms with Crippen LogP contribution in [0.5, 0.6) is 5.75 Å². The molecule has 5 rings (SSSR count). The van der Waals surface area contributed by atoms with Crippen LogP contribution in [0.4, 0.5) is 5.69 Å². The standard InChI is InChI=1S/C30H26N6O2S/c1-3-36(4-2)30(39)38-22-14-11-20(12-15-22)29(37)33-21-13-16-23-26(19-21)35-28(25-10-6-8-18-32-25)27(34-23)24-9-5-7-17-31-24/h5-19H,3-4H2,1-2H3,(H,33,37). The Bertz CT molecular complexity index is 1610. The molecule has 0 atom stereocenters. The van der Waals surface area contributed by atoms with Crippen LogP contribution in [0.2, 0.25) is 0 Å². The minimum atomic E-state index is -0.254. The van der Waals surface area contributed by atoms with Crippen molar-refractivity contribution in [1.29, 1.82) is 0 Å². The molecule has 0 aliphatic heterocycles. The number of pyridine rings is 2. The zero-order valence-electron chi connectivity index (χ0n) is 21.5. The number of thiocarbonyl (C=S) groups is 1. The minimum absolute atomic E-state index is 0.254. The molecule has 0 fully saturated rings. The molecule has 0 unspecified atom stereocenters. The van der Waals surface area contributed by atoms with Crippen molar-refractivity contribution in [3.63, 3.8) is 0 Å². The number of carbonyl (C=O) groups is 1. The van der Waals surface area contributed by atoms with Gasteiger partial charge >= 0.3 is 0 Å². The SMILES string of the molecule is CCN(CC)C(=S)Oc1ccc(C(=O)Nc2ccc3nc(-c4ccccn4)c(-c4ccccn4)nc3c2)cc1. The van der Waals surface area contributed by atoms with Gasteiger partial charge in [0.05, 0.1) is 22.4 Å². The Labute approximate surface area is 231 Å². The van der Waals surface area contributed by atoms with Crippen LogP contribution in [0, 0.1) is 0 Å². The largest absolute Gasteiger partial charge is 0.432 e.